The number of amides is 1. The van der Waals surface area contributed by atoms with E-state index in [0.29, 0.717) is 25.0 Å². The van der Waals surface area contributed by atoms with E-state index in [1.54, 1.807) is 6.92 Å². The van der Waals surface area contributed by atoms with E-state index in [9.17, 15) is 4.79 Å². The van der Waals surface area contributed by atoms with E-state index in [1.807, 2.05) is 0 Å². The van der Waals surface area contributed by atoms with Crippen molar-refractivity contribution in [2.75, 3.05) is 19.8 Å². The van der Waals surface area contributed by atoms with Crippen LogP contribution in [0.25, 0.3) is 0 Å². The van der Waals surface area contributed by atoms with Gasteiger partial charge in [-0.1, -0.05) is 13.8 Å². The molecule has 0 radical (unpaired) electrons. The molecule has 1 fully saturated rings. The summed E-state index contributed by atoms with van der Waals surface area (Å²) in [5.74, 6) is 1.01. The average Bonchev–Trinajstić information content (AvgIpc) is 2.33. The lowest BCUT2D eigenvalue weighted by molar-refractivity contribution is -0.169. The summed E-state index contributed by atoms with van der Waals surface area (Å²) in [4.78, 5) is 11.0. The second-order valence-corrected chi connectivity index (χ2v) is 5.56. The monoisotopic (exact) mass is 257 g/mol. The van der Waals surface area contributed by atoms with Crippen LogP contribution in [0.3, 0.4) is 0 Å². The van der Waals surface area contributed by atoms with Crippen molar-refractivity contribution in [1.29, 1.82) is 0 Å². The Hall–Kier alpha value is -0.610. The first kappa shape index (κ1) is 15.4. The lowest BCUT2D eigenvalue weighted by atomic mass is 9.98. The Kier molecular flexibility index (Phi) is 7.28. The van der Waals surface area contributed by atoms with Crippen molar-refractivity contribution in [2.45, 2.75) is 52.7 Å². The maximum atomic E-state index is 11.0. The van der Waals surface area contributed by atoms with Gasteiger partial charge in [-0.15, -0.1) is 0 Å². The van der Waals surface area contributed by atoms with Crippen LogP contribution in [-0.2, 0) is 14.3 Å². The topological polar surface area (TPSA) is 47.6 Å². The van der Waals surface area contributed by atoms with Gasteiger partial charge in [-0.25, -0.2) is 0 Å². The number of hydrogen-bond donors (Lipinski definition) is 1. The smallest absolute Gasteiger partial charge is 0.216 e. The Morgan fingerprint density at radius 2 is 2.22 bits per heavy atom. The Labute approximate surface area is 110 Å². The molecule has 1 heterocycles. The summed E-state index contributed by atoms with van der Waals surface area (Å²) in [5, 5.41) is 2.88. The highest BCUT2D eigenvalue weighted by Crippen LogP contribution is 2.17. The van der Waals surface area contributed by atoms with Crippen LogP contribution >= 0.6 is 0 Å². The highest BCUT2D eigenvalue weighted by molar-refractivity contribution is 5.72. The largest absolute Gasteiger partial charge is 0.356 e. The standard InChI is InChI=1S/C14H27NO3/c1-11(2)8-13(9-15-12(3)16)10-18-14-6-4-5-7-17-14/h11,13-14H,4-10H2,1-3H3,(H,15,16). The fourth-order valence-electron chi connectivity index (χ4n) is 2.25. The van der Waals surface area contributed by atoms with E-state index in [0.717, 1.165) is 25.9 Å². The lowest BCUT2D eigenvalue weighted by Gasteiger charge is -2.26. The minimum Gasteiger partial charge on any atom is -0.356 e. The van der Waals surface area contributed by atoms with Crippen molar-refractivity contribution in [3.8, 4) is 0 Å². The summed E-state index contributed by atoms with van der Waals surface area (Å²) in [5.41, 5.74) is 0. The van der Waals surface area contributed by atoms with Crippen molar-refractivity contribution in [1.82, 2.24) is 5.32 Å². The number of rotatable bonds is 7. The van der Waals surface area contributed by atoms with Gasteiger partial charge in [0.25, 0.3) is 0 Å². The van der Waals surface area contributed by atoms with Crippen LogP contribution < -0.4 is 5.32 Å². The number of ether oxygens (including phenoxy) is 2. The minimum atomic E-state index is -0.0364. The molecule has 0 bridgehead atoms. The van der Waals surface area contributed by atoms with Gasteiger partial charge >= 0.3 is 0 Å². The third-order valence-electron chi connectivity index (χ3n) is 3.10. The van der Waals surface area contributed by atoms with Crippen LogP contribution in [0.1, 0.15) is 46.5 Å². The molecule has 18 heavy (non-hydrogen) atoms. The predicted molar refractivity (Wildman–Crippen MR) is 71.2 cm³/mol. The fourth-order valence-corrected chi connectivity index (χ4v) is 2.25. The minimum absolute atomic E-state index is 0.0256. The molecule has 1 amide bonds. The molecule has 0 aromatic heterocycles. The van der Waals surface area contributed by atoms with Crippen molar-refractivity contribution in [3.05, 3.63) is 0 Å². The van der Waals surface area contributed by atoms with Crippen molar-refractivity contribution in [2.24, 2.45) is 11.8 Å². The first-order valence-electron chi connectivity index (χ1n) is 7.05. The van der Waals surface area contributed by atoms with E-state index in [4.69, 9.17) is 9.47 Å². The van der Waals surface area contributed by atoms with Gasteiger partial charge in [0.1, 0.15) is 0 Å². The summed E-state index contributed by atoms with van der Waals surface area (Å²) < 4.78 is 11.4. The normalized spacial score (nSPS) is 21.9. The highest BCUT2D eigenvalue weighted by atomic mass is 16.7. The van der Waals surface area contributed by atoms with Crippen molar-refractivity contribution in [3.63, 3.8) is 0 Å². The summed E-state index contributed by atoms with van der Waals surface area (Å²) >= 11 is 0. The first-order chi connectivity index (χ1) is 8.58. The maximum Gasteiger partial charge on any atom is 0.216 e. The molecule has 2 atom stereocenters. The van der Waals surface area contributed by atoms with E-state index >= 15 is 0 Å². The molecule has 0 aromatic rings. The number of nitrogens with one attached hydrogen (secondary N) is 1. The molecule has 1 aliphatic rings. The molecular formula is C14H27NO3. The fraction of sp³-hybridized carbons (Fsp3) is 0.929. The van der Waals surface area contributed by atoms with Crippen molar-refractivity contribution >= 4 is 5.91 Å². The van der Waals surface area contributed by atoms with Gasteiger partial charge in [0.15, 0.2) is 6.29 Å². The first-order valence-corrected chi connectivity index (χ1v) is 7.05. The van der Waals surface area contributed by atoms with E-state index in [1.165, 1.54) is 6.42 Å². The molecule has 0 aliphatic carbocycles. The molecular weight excluding hydrogens is 230 g/mol. The molecule has 0 spiro atoms. The molecule has 4 heteroatoms. The molecule has 1 N–H and O–H groups in total. The zero-order valence-electron chi connectivity index (χ0n) is 11.9. The summed E-state index contributed by atoms with van der Waals surface area (Å²) in [6.45, 7) is 8.11. The third kappa shape index (κ3) is 6.97. The average molecular weight is 257 g/mol. The van der Waals surface area contributed by atoms with E-state index in [-0.39, 0.29) is 12.2 Å². The van der Waals surface area contributed by atoms with Crippen LogP contribution in [0.15, 0.2) is 0 Å². The molecule has 1 aliphatic heterocycles. The Balaban J connectivity index is 2.27. The van der Waals surface area contributed by atoms with Crippen LogP contribution in [0.4, 0.5) is 0 Å². The van der Waals surface area contributed by atoms with Gasteiger partial charge in [-0.2, -0.15) is 0 Å². The highest BCUT2D eigenvalue weighted by Gasteiger charge is 2.18. The molecule has 1 rings (SSSR count). The SMILES string of the molecule is CC(=O)NCC(COC1CCCCO1)CC(C)C. The third-order valence-corrected chi connectivity index (χ3v) is 3.10. The maximum absolute atomic E-state index is 11.0. The van der Waals surface area contributed by atoms with E-state index < -0.39 is 0 Å². The molecule has 0 aromatic carbocycles. The van der Waals surface area contributed by atoms with Gasteiger partial charge < -0.3 is 14.8 Å². The summed E-state index contributed by atoms with van der Waals surface area (Å²) in [6.07, 6.45) is 4.35. The number of carbonyl (C=O) groups excluding carboxylic acids is 1. The van der Waals surface area contributed by atoms with Gasteiger partial charge in [0.2, 0.25) is 5.91 Å². The van der Waals surface area contributed by atoms with Crippen LogP contribution in [0.2, 0.25) is 0 Å². The second kappa shape index (κ2) is 8.48. The van der Waals surface area contributed by atoms with E-state index in [2.05, 4.69) is 19.2 Å². The van der Waals surface area contributed by atoms with Gasteiger partial charge in [0, 0.05) is 20.1 Å². The lowest BCUT2D eigenvalue weighted by Crippen LogP contribution is -2.32. The predicted octanol–water partition coefficient (Wildman–Crippen LogP) is 2.33. The Morgan fingerprint density at radius 1 is 1.44 bits per heavy atom. The Bertz CT molecular complexity index is 237. The van der Waals surface area contributed by atoms with Crippen LogP contribution in [-0.4, -0.2) is 32.0 Å². The molecule has 0 saturated carbocycles. The zero-order chi connectivity index (χ0) is 13.4. The Morgan fingerprint density at radius 3 is 2.78 bits per heavy atom. The van der Waals surface area contributed by atoms with Crippen LogP contribution in [0.5, 0.6) is 0 Å². The van der Waals surface area contributed by atoms with Gasteiger partial charge in [-0.3, -0.25) is 4.79 Å². The second-order valence-electron chi connectivity index (χ2n) is 5.56. The molecule has 4 nitrogen and oxygen atoms in total. The summed E-state index contributed by atoms with van der Waals surface area (Å²) in [7, 11) is 0. The molecule has 2 unspecified atom stereocenters. The number of hydrogen-bond acceptors (Lipinski definition) is 3. The number of carbonyl (C=O) groups is 1. The van der Waals surface area contributed by atoms with Crippen molar-refractivity contribution < 1.29 is 14.3 Å². The van der Waals surface area contributed by atoms with Gasteiger partial charge in [-0.05, 0) is 37.5 Å². The zero-order valence-corrected chi connectivity index (χ0v) is 11.9. The van der Waals surface area contributed by atoms with Crippen LogP contribution in [0, 0.1) is 11.8 Å². The quantitative estimate of drug-likeness (QED) is 0.761. The van der Waals surface area contributed by atoms with Gasteiger partial charge in [0.05, 0.1) is 6.61 Å². The molecule has 1 saturated heterocycles. The summed E-state index contributed by atoms with van der Waals surface area (Å²) in [6, 6.07) is 0. The molecule has 106 valence electrons.